The molecule has 2 aromatic rings. The molecule has 0 atom stereocenters. The Morgan fingerprint density at radius 2 is 2.09 bits per heavy atom. The number of hydrogen-bond donors (Lipinski definition) is 1. The first-order valence-corrected chi connectivity index (χ1v) is 8.71. The lowest BCUT2D eigenvalue weighted by atomic mass is 10.2. The van der Waals surface area contributed by atoms with Crippen molar-refractivity contribution in [3.63, 3.8) is 0 Å². The number of rotatable bonds is 6. The molecule has 1 aliphatic carbocycles. The lowest BCUT2D eigenvalue weighted by Gasteiger charge is -2.11. The Morgan fingerprint density at radius 1 is 1.35 bits per heavy atom. The quantitative estimate of drug-likeness (QED) is 0.823. The van der Waals surface area contributed by atoms with Crippen LogP contribution in [0.2, 0.25) is 0 Å². The Morgan fingerprint density at radius 3 is 2.78 bits per heavy atom. The summed E-state index contributed by atoms with van der Waals surface area (Å²) in [6.45, 7) is 0. The monoisotopic (exact) mass is 332 g/mol. The van der Waals surface area contributed by atoms with E-state index in [9.17, 15) is 4.79 Å². The predicted molar refractivity (Wildman–Crippen MR) is 89.0 cm³/mol. The minimum Gasteiger partial charge on any atom is -0.497 e. The summed E-state index contributed by atoms with van der Waals surface area (Å²) < 4.78 is 7.03. The third-order valence-electron chi connectivity index (χ3n) is 3.92. The van der Waals surface area contributed by atoms with Crippen LogP contribution in [-0.2, 0) is 4.79 Å². The minimum atomic E-state index is 0.0613. The smallest absolute Gasteiger partial charge is 0.230 e. The van der Waals surface area contributed by atoms with Gasteiger partial charge in [-0.05, 0) is 37.1 Å². The summed E-state index contributed by atoms with van der Waals surface area (Å²) in [6, 6.07) is 7.99. The Labute approximate surface area is 139 Å². The van der Waals surface area contributed by atoms with Gasteiger partial charge in [0.1, 0.15) is 12.1 Å². The van der Waals surface area contributed by atoms with Crippen molar-refractivity contribution in [2.45, 2.75) is 36.9 Å². The second kappa shape index (κ2) is 7.50. The van der Waals surface area contributed by atoms with E-state index in [1.54, 1.807) is 13.4 Å². The highest BCUT2D eigenvalue weighted by atomic mass is 32.2. The normalized spacial score (nSPS) is 14.8. The molecule has 0 unspecified atom stereocenters. The molecule has 1 amide bonds. The van der Waals surface area contributed by atoms with E-state index < -0.39 is 0 Å². The maximum Gasteiger partial charge on any atom is 0.230 e. The van der Waals surface area contributed by atoms with Crippen molar-refractivity contribution in [3.05, 3.63) is 30.6 Å². The van der Waals surface area contributed by atoms with Crippen LogP contribution in [0.5, 0.6) is 5.75 Å². The van der Waals surface area contributed by atoms with E-state index in [0.717, 1.165) is 24.3 Å². The fourth-order valence-electron chi connectivity index (χ4n) is 2.71. The molecule has 0 aliphatic heterocycles. The highest BCUT2D eigenvalue weighted by molar-refractivity contribution is 7.99. The number of methoxy groups -OCH3 is 1. The average Bonchev–Trinajstić information content (AvgIpc) is 3.24. The fourth-order valence-corrected chi connectivity index (χ4v) is 3.45. The molecule has 1 aromatic carbocycles. The van der Waals surface area contributed by atoms with Crippen LogP contribution in [0.15, 0.2) is 35.7 Å². The van der Waals surface area contributed by atoms with Crippen LogP contribution in [0.4, 0.5) is 0 Å². The molecular formula is C16H20N4O2S. The zero-order chi connectivity index (χ0) is 16.1. The number of nitrogens with one attached hydrogen (secondary N) is 1. The number of amides is 1. The third-order valence-corrected chi connectivity index (χ3v) is 4.86. The highest BCUT2D eigenvalue weighted by Gasteiger charge is 2.17. The number of hydrogen-bond acceptors (Lipinski definition) is 5. The second-order valence-corrected chi connectivity index (χ2v) is 6.46. The number of nitrogens with zero attached hydrogens (tertiary/aromatic N) is 3. The van der Waals surface area contributed by atoms with Gasteiger partial charge in [-0.3, -0.25) is 9.36 Å². The molecule has 6 nitrogen and oxygen atoms in total. The molecular weight excluding hydrogens is 312 g/mol. The van der Waals surface area contributed by atoms with Crippen LogP contribution < -0.4 is 10.1 Å². The maximum absolute atomic E-state index is 12.0. The molecule has 1 aliphatic rings. The molecule has 0 radical (unpaired) electrons. The van der Waals surface area contributed by atoms with Gasteiger partial charge in [0.2, 0.25) is 5.91 Å². The zero-order valence-corrected chi connectivity index (χ0v) is 13.9. The molecule has 0 saturated heterocycles. The van der Waals surface area contributed by atoms with E-state index in [4.69, 9.17) is 4.74 Å². The van der Waals surface area contributed by atoms with E-state index in [-0.39, 0.29) is 5.91 Å². The number of thioether (sulfide) groups is 1. The van der Waals surface area contributed by atoms with Gasteiger partial charge in [0.15, 0.2) is 5.16 Å². The fraction of sp³-hybridized carbons (Fsp3) is 0.438. The van der Waals surface area contributed by atoms with Gasteiger partial charge in [-0.1, -0.05) is 24.6 Å². The van der Waals surface area contributed by atoms with Crippen LogP contribution in [0.3, 0.4) is 0 Å². The number of ether oxygens (including phenoxy) is 1. The van der Waals surface area contributed by atoms with Gasteiger partial charge >= 0.3 is 0 Å². The maximum atomic E-state index is 12.0. The molecule has 23 heavy (non-hydrogen) atoms. The molecule has 1 N–H and O–H groups in total. The SMILES string of the molecule is COc1ccc(-n2cnnc2SCC(=O)NC2CCCC2)cc1. The van der Waals surface area contributed by atoms with Crippen LogP contribution in [-0.4, -0.2) is 39.6 Å². The van der Waals surface area contributed by atoms with Gasteiger partial charge in [-0.2, -0.15) is 0 Å². The van der Waals surface area contributed by atoms with Crippen molar-refractivity contribution < 1.29 is 9.53 Å². The largest absolute Gasteiger partial charge is 0.497 e. The summed E-state index contributed by atoms with van der Waals surface area (Å²) in [4.78, 5) is 12.0. The van der Waals surface area contributed by atoms with Crippen molar-refractivity contribution in [1.29, 1.82) is 0 Å². The van der Waals surface area contributed by atoms with Crippen molar-refractivity contribution in [2.75, 3.05) is 12.9 Å². The first kappa shape index (κ1) is 15.9. The van der Waals surface area contributed by atoms with Crippen LogP contribution in [0.25, 0.3) is 5.69 Å². The lowest BCUT2D eigenvalue weighted by Crippen LogP contribution is -2.33. The molecule has 0 spiro atoms. The Bertz CT molecular complexity index is 650. The Balaban J connectivity index is 1.60. The first-order valence-electron chi connectivity index (χ1n) is 7.73. The standard InChI is InChI=1S/C16H20N4O2S/c1-22-14-8-6-13(7-9-14)20-11-17-19-16(20)23-10-15(21)18-12-4-2-3-5-12/h6-9,11-12H,2-5,10H2,1H3,(H,18,21). The summed E-state index contributed by atoms with van der Waals surface area (Å²) in [5.74, 6) is 1.21. The van der Waals surface area contributed by atoms with Gasteiger partial charge < -0.3 is 10.1 Å². The number of carbonyl (C=O) groups excluding carboxylic acids is 1. The van der Waals surface area contributed by atoms with Crippen LogP contribution >= 0.6 is 11.8 Å². The van der Waals surface area contributed by atoms with Crippen LogP contribution in [0.1, 0.15) is 25.7 Å². The number of aromatic nitrogens is 3. The molecule has 1 fully saturated rings. The van der Waals surface area contributed by atoms with Crippen molar-refractivity contribution in [1.82, 2.24) is 20.1 Å². The summed E-state index contributed by atoms with van der Waals surface area (Å²) in [7, 11) is 1.64. The highest BCUT2D eigenvalue weighted by Crippen LogP contribution is 2.22. The van der Waals surface area contributed by atoms with Gasteiger partial charge in [0, 0.05) is 11.7 Å². The van der Waals surface area contributed by atoms with Crippen molar-refractivity contribution in [2.24, 2.45) is 0 Å². The molecule has 7 heteroatoms. The van der Waals surface area contributed by atoms with Crippen molar-refractivity contribution in [3.8, 4) is 11.4 Å². The first-order chi connectivity index (χ1) is 11.3. The van der Waals surface area contributed by atoms with Gasteiger partial charge in [-0.25, -0.2) is 0 Å². The zero-order valence-electron chi connectivity index (χ0n) is 13.1. The average molecular weight is 332 g/mol. The Hall–Kier alpha value is -2.02. The molecule has 3 rings (SSSR count). The van der Waals surface area contributed by atoms with E-state index in [1.807, 2.05) is 28.8 Å². The van der Waals surface area contributed by atoms with Gasteiger partial charge in [0.05, 0.1) is 12.9 Å². The number of benzene rings is 1. The molecule has 0 bridgehead atoms. The molecule has 122 valence electrons. The van der Waals surface area contributed by atoms with Crippen molar-refractivity contribution >= 4 is 17.7 Å². The minimum absolute atomic E-state index is 0.0613. The molecule has 1 aromatic heterocycles. The third kappa shape index (κ3) is 4.04. The summed E-state index contributed by atoms with van der Waals surface area (Å²) >= 11 is 1.40. The predicted octanol–water partition coefficient (Wildman–Crippen LogP) is 2.43. The van der Waals surface area contributed by atoms with Crippen LogP contribution in [0, 0.1) is 0 Å². The summed E-state index contributed by atoms with van der Waals surface area (Å²) in [5.41, 5.74) is 0.939. The van der Waals surface area contributed by atoms with E-state index in [1.165, 1.54) is 24.6 Å². The summed E-state index contributed by atoms with van der Waals surface area (Å²) in [6.07, 6.45) is 6.27. The topological polar surface area (TPSA) is 69.0 Å². The van der Waals surface area contributed by atoms with Gasteiger partial charge in [0.25, 0.3) is 0 Å². The summed E-state index contributed by atoms with van der Waals surface area (Å²) in [5, 5.41) is 11.8. The van der Waals surface area contributed by atoms with Gasteiger partial charge in [-0.15, -0.1) is 10.2 Å². The van der Waals surface area contributed by atoms with E-state index in [2.05, 4.69) is 15.5 Å². The molecule has 1 saturated carbocycles. The Kier molecular flexibility index (Phi) is 5.17. The number of carbonyl (C=O) groups is 1. The molecule has 1 heterocycles. The second-order valence-electron chi connectivity index (χ2n) is 5.52. The lowest BCUT2D eigenvalue weighted by molar-refractivity contribution is -0.119. The van der Waals surface area contributed by atoms with E-state index >= 15 is 0 Å². The van der Waals surface area contributed by atoms with E-state index in [0.29, 0.717) is 17.0 Å².